The first-order valence-electron chi connectivity index (χ1n) is 3.74. The Bertz CT molecular complexity index is 358. The number of benzene rings is 1. The van der Waals surface area contributed by atoms with E-state index in [4.69, 9.17) is 11.6 Å². The van der Waals surface area contributed by atoms with Crippen LogP contribution in [-0.2, 0) is 0 Å². The standard InChI is InChI=1S/C8H7ClFNO3/c9-4-8(12)5-1-2-6(10)7(3-5)11(13)14/h1-3,8,12H,4H2. The highest BCUT2D eigenvalue weighted by atomic mass is 35.5. The van der Waals surface area contributed by atoms with Crippen LogP contribution in [0.3, 0.4) is 0 Å². The Hall–Kier alpha value is -1.20. The Balaban J connectivity index is 3.12. The summed E-state index contributed by atoms with van der Waals surface area (Å²) < 4.78 is 12.8. The molecule has 0 heterocycles. The van der Waals surface area contributed by atoms with Crippen molar-refractivity contribution < 1.29 is 14.4 Å². The molecule has 1 aromatic rings. The van der Waals surface area contributed by atoms with Crippen LogP contribution in [-0.4, -0.2) is 15.9 Å². The van der Waals surface area contributed by atoms with E-state index < -0.39 is 22.5 Å². The molecule has 4 nitrogen and oxygen atoms in total. The van der Waals surface area contributed by atoms with Gasteiger partial charge in [0.05, 0.1) is 16.9 Å². The van der Waals surface area contributed by atoms with Crippen molar-refractivity contribution in [2.75, 3.05) is 5.88 Å². The van der Waals surface area contributed by atoms with Gasteiger partial charge < -0.3 is 5.11 Å². The molecular weight excluding hydrogens is 213 g/mol. The predicted octanol–water partition coefficient (Wildman–Crippen LogP) is 2.01. The molecule has 0 aliphatic rings. The summed E-state index contributed by atoms with van der Waals surface area (Å²) in [5.41, 5.74) is -0.431. The molecule has 76 valence electrons. The van der Waals surface area contributed by atoms with E-state index in [2.05, 4.69) is 0 Å². The summed E-state index contributed by atoms with van der Waals surface area (Å²) in [4.78, 5) is 9.49. The van der Waals surface area contributed by atoms with E-state index in [1.807, 2.05) is 0 Å². The van der Waals surface area contributed by atoms with Gasteiger partial charge in [0.15, 0.2) is 0 Å². The van der Waals surface area contributed by atoms with Crippen molar-refractivity contribution in [3.05, 3.63) is 39.7 Å². The second kappa shape index (κ2) is 4.34. The summed E-state index contributed by atoms with van der Waals surface area (Å²) in [6.07, 6.45) is -1.02. The average Bonchev–Trinajstić information content (AvgIpc) is 2.17. The largest absolute Gasteiger partial charge is 0.387 e. The molecule has 1 N–H and O–H groups in total. The van der Waals surface area contributed by atoms with Gasteiger partial charge in [-0.25, -0.2) is 0 Å². The number of nitrogens with zero attached hydrogens (tertiary/aromatic N) is 1. The van der Waals surface area contributed by atoms with E-state index in [9.17, 15) is 19.6 Å². The summed E-state index contributed by atoms with van der Waals surface area (Å²) in [5.74, 6) is -1.02. The lowest BCUT2D eigenvalue weighted by molar-refractivity contribution is -0.387. The lowest BCUT2D eigenvalue weighted by atomic mass is 10.1. The Kier molecular flexibility index (Phi) is 3.38. The number of halogens is 2. The van der Waals surface area contributed by atoms with Crippen molar-refractivity contribution >= 4 is 17.3 Å². The first-order valence-corrected chi connectivity index (χ1v) is 4.27. The van der Waals surface area contributed by atoms with Gasteiger partial charge in [-0.3, -0.25) is 10.1 Å². The number of alkyl halides is 1. The normalized spacial score (nSPS) is 12.5. The van der Waals surface area contributed by atoms with E-state index >= 15 is 0 Å². The van der Waals surface area contributed by atoms with Crippen LogP contribution in [0.2, 0.25) is 0 Å². The number of nitro benzene ring substituents is 1. The highest BCUT2D eigenvalue weighted by Gasteiger charge is 2.17. The molecule has 1 aromatic carbocycles. The summed E-state index contributed by atoms with van der Waals surface area (Å²) in [6, 6.07) is 3.17. The minimum Gasteiger partial charge on any atom is -0.387 e. The molecule has 0 saturated heterocycles. The number of aliphatic hydroxyl groups excluding tert-OH is 1. The zero-order valence-electron chi connectivity index (χ0n) is 6.98. The molecule has 0 aliphatic carbocycles. The maximum atomic E-state index is 12.8. The molecule has 1 rings (SSSR count). The third-order valence-corrected chi connectivity index (χ3v) is 1.99. The fraction of sp³-hybridized carbons (Fsp3) is 0.250. The molecule has 1 unspecified atom stereocenters. The van der Waals surface area contributed by atoms with Gasteiger partial charge in [0.1, 0.15) is 0 Å². The van der Waals surface area contributed by atoms with Gasteiger partial charge in [0.25, 0.3) is 0 Å². The van der Waals surface area contributed by atoms with Crippen molar-refractivity contribution in [3.63, 3.8) is 0 Å². The van der Waals surface area contributed by atoms with E-state index in [1.165, 1.54) is 6.07 Å². The third-order valence-electron chi connectivity index (χ3n) is 1.70. The van der Waals surface area contributed by atoms with Crippen LogP contribution < -0.4 is 0 Å². The zero-order valence-corrected chi connectivity index (χ0v) is 7.74. The minimum atomic E-state index is -1.02. The van der Waals surface area contributed by atoms with Gasteiger partial charge in [-0.2, -0.15) is 4.39 Å². The maximum absolute atomic E-state index is 12.8. The van der Waals surface area contributed by atoms with Crippen LogP contribution in [0.1, 0.15) is 11.7 Å². The molecule has 0 aromatic heterocycles. The average molecular weight is 220 g/mol. The SMILES string of the molecule is O=[N+]([O-])c1cc(C(O)CCl)ccc1F. The first-order chi connectivity index (χ1) is 6.56. The van der Waals surface area contributed by atoms with E-state index in [0.29, 0.717) is 0 Å². The second-order valence-corrected chi connectivity index (χ2v) is 2.95. The van der Waals surface area contributed by atoms with Crippen molar-refractivity contribution in [1.29, 1.82) is 0 Å². The monoisotopic (exact) mass is 219 g/mol. The number of aliphatic hydroxyl groups is 1. The topological polar surface area (TPSA) is 63.4 Å². The Labute approximate surface area is 84.1 Å². The third kappa shape index (κ3) is 2.18. The summed E-state index contributed by atoms with van der Waals surface area (Å²) >= 11 is 5.34. The number of rotatable bonds is 3. The fourth-order valence-corrected chi connectivity index (χ4v) is 1.14. The predicted molar refractivity (Wildman–Crippen MR) is 48.7 cm³/mol. The van der Waals surface area contributed by atoms with Crippen LogP contribution in [0.5, 0.6) is 0 Å². The van der Waals surface area contributed by atoms with Crippen LogP contribution in [0.15, 0.2) is 18.2 Å². The smallest absolute Gasteiger partial charge is 0.305 e. The van der Waals surface area contributed by atoms with Crippen molar-refractivity contribution in [2.24, 2.45) is 0 Å². The van der Waals surface area contributed by atoms with Crippen LogP contribution in [0.25, 0.3) is 0 Å². The minimum absolute atomic E-state index is 0.0945. The highest BCUT2D eigenvalue weighted by Crippen LogP contribution is 2.23. The zero-order chi connectivity index (χ0) is 10.7. The number of hydrogen-bond donors (Lipinski definition) is 1. The summed E-state index contributed by atoms with van der Waals surface area (Å²) in [7, 11) is 0. The van der Waals surface area contributed by atoms with Crippen LogP contribution in [0.4, 0.5) is 10.1 Å². The molecule has 0 bridgehead atoms. The molecule has 0 aliphatic heterocycles. The Morgan fingerprint density at radius 2 is 2.29 bits per heavy atom. The molecular formula is C8H7ClFNO3. The van der Waals surface area contributed by atoms with Gasteiger partial charge in [-0.15, -0.1) is 11.6 Å². The molecule has 0 spiro atoms. The number of hydrogen-bond acceptors (Lipinski definition) is 3. The van der Waals surface area contributed by atoms with E-state index in [-0.39, 0.29) is 11.4 Å². The molecule has 6 heteroatoms. The van der Waals surface area contributed by atoms with Gasteiger partial charge in [0, 0.05) is 6.07 Å². The number of nitro groups is 1. The Morgan fingerprint density at radius 3 is 2.79 bits per heavy atom. The molecule has 14 heavy (non-hydrogen) atoms. The van der Waals surface area contributed by atoms with Gasteiger partial charge in [-0.1, -0.05) is 6.07 Å². The fourth-order valence-electron chi connectivity index (χ4n) is 0.966. The quantitative estimate of drug-likeness (QED) is 0.481. The van der Waals surface area contributed by atoms with Crippen molar-refractivity contribution in [1.82, 2.24) is 0 Å². The van der Waals surface area contributed by atoms with E-state index in [1.54, 1.807) is 0 Å². The van der Waals surface area contributed by atoms with Gasteiger partial charge >= 0.3 is 5.69 Å². The van der Waals surface area contributed by atoms with Gasteiger partial charge in [-0.05, 0) is 11.6 Å². The van der Waals surface area contributed by atoms with Crippen LogP contribution in [0, 0.1) is 15.9 Å². The van der Waals surface area contributed by atoms with Gasteiger partial charge in [0.2, 0.25) is 5.82 Å². The lowest BCUT2D eigenvalue weighted by Gasteiger charge is -2.06. The molecule has 0 radical (unpaired) electrons. The Morgan fingerprint density at radius 1 is 1.64 bits per heavy atom. The second-order valence-electron chi connectivity index (χ2n) is 2.64. The van der Waals surface area contributed by atoms with E-state index in [0.717, 1.165) is 12.1 Å². The van der Waals surface area contributed by atoms with Crippen molar-refractivity contribution in [3.8, 4) is 0 Å². The van der Waals surface area contributed by atoms with Crippen LogP contribution >= 0.6 is 11.6 Å². The lowest BCUT2D eigenvalue weighted by Crippen LogP contribution is -2.01. The molecule has 0 fully saturated rings. The highest BCUT2D eigenvalue weighted by molar-refractivity contribution is 6.18. The molecule has 1 atom stereocenters. The molecule has 0 amide bonds. The summed E-state index contributed by atoms with van der Waals surface area (Å²) in [6.45, 7) is 0. The first kappa shape index (κ1) is 10.9. The van der Waals surface area contributed by atoms with Crippen molar-refractivity contribution in [2.45, 2.75) is 6.10 Å². The molecule has 0 saturated carbocycles. The maximum Gasteiger partial charge on any atom is 0.305 e. The summed E-state index contributed by atoms with van der Waals surface area (Å²) in [5, 5.41) is 19.6.